The van der Waals surface area contributed by atoms with Crippen molar-refractivity contribution >= 4 is 15.7 Å². The molecule has 0 bridgehead atoms. The van der Waals surface area contributed by atoms with Gasteiger partial charge in [0, 0.05) is 18.8 Å². The Morgan fingerprint density at radius 2 is 1.76 bits per heavy atom. The quantitative estimate of drug-likeness (QED) is 0.755. The number of anilines is 1. The van der Waals surface area contributed by atoms with Crippen LogP contribution in [0.5, 0.6) is 0 Å². The first-order chi connectivity index (χ1) is 13.7. The Morgan fingerprint density at radius 3 is 2.34 bits per heavy atom. The average molecular weight is 428 g/mol. The number of ether oxygens (including phenoxy) is 1. The second-order valence-corrected chi connectivity index (χ2v) is 8.65. The monoisotopic (exact) mass is 428 g/mol. The molecule has 2 aromatic rings. The second-order valence-electron chi connectivity index (χ2n) is 6.93. The van der Waals surface area contributed by atoms with Gasteiger partial charge in [-0.1, -0.05) is 31.2 Å². The van der Waals surface area contributed by atoms with E-state index in [0.29, 0.717) is 12.3 Å². The van der Waals surface area contributed by atoms with Crippen LogP contribution in [0.4, 0.5) is 18.9 Å². The summed E-state index contributed by atoms with van der Waals surface area (Å²) in [5.41, 5.74) is 0.823. The molecule has 0 saturated carbocycles. The van der Waals surface area contributed by atoms with Crippen LogP contribution in [0, 0.1) is 0 Å². The van der Waals surface area contributed by atoms with Crippen molar-refractivity contribution in [3.05, 3.63) is 65.2 Å². The van der Waals surface area contributed by atoms with Crippen molar-refractivity contribution in [2.24, 2.45) is 0 Å². The Bertz CT molecular complexity index is 913. The molecule has 1 atom stereocenters. The molecule has 1 unspecified atom stereocenters. The van der Waals surface area contributed by atoms with Crippen LogP contribution in [0.1, 0.15) is 29.7 Å². The van der Waals surface area contributed by atoms with Crippen molar-refractivity contribution < 1.29 is 26.3 Å². The lowest BCUT2D eigenvalue weighted by Gasteiger charge is -2.32. The van der Waals surface area contributed by atoms with Gasteiger partial charge in [-0.3, -0.25) is 9.62 Å². The number of morpholine rings is 1. The third-order valence-electron chi connectivity index (χ3n) is 4.79. The number of hydrogen-bond donors (Lipinski definition) is 1. The van der Waals surface area contributed by atoms with Crippen LogP contribution in [0.25, 0.3) is 0 Å². The van der Waals surface area contributed by atoms with Crippen molar-refractivity contribution in [3.8, 4) is 0 Å². The van der Waals surface area contributed by atoms with E-state index in [1.165, 1.54) is 12.1 Å². The van der Waals surface area contributed by atoms with E-state index in [2.05, 4.69) is 16.5 Å². The third-order valence-corrected chi connectivity index (χ3v) is 6.05. The number of benzene rings is 2. The summed E-state index contributed by atoms with van der Waals surface area (Å²) >= 11 is 0. The highest BCUT2D eigenvalue weighted by atomic mass is 32.2. The van der Waals surface area contributed by atoms with E-state index in [9.17, 15) is 21.6 Å². The summed E-state index contributed by atoms with van der Waals surface area (Å²) in [6.45, 7) is 5.38. The minimum atomic E-state index is -4.45. The molecule has 29 heavy (non-hydrogen) atoms. The Labute approximate surface area is 168 Å². The Morgan fingerprint density at radius 1 is 1.10 bits per heavy atom. The molecular formula is C20H23F3N2O3S. The number of hydrogen-bond acceptors (Lipinski definition) is 4. The summed E-state index contributed by atoms with van der Waals surface area (Å²) < 4.78 is 70.8. The minimum Gasteiger partial charge on any atom is -0.371 e. The lowest BCUT2D eigenvalue weighted by Crippen LogP contribution is -2.38. The normalized spacial score (nSPS) is 18.6. The fraction of sp³-hybridized carbons (Fsp3) is 0.400. The van der Waals surface area contributed by atoms with Crippen molar-refractivity contribution in [1.82, 2.24) is 4.90 Å². The average Bonchev–Trinajstić information content (AvgIpc) is 2.67. The molecule has 0 aromatic heterocycles. The number of likely N-dealkylation sites (N-methyl/N-ethyl adjacent to an activating group) is 1. The van der Waals surface area contributed by atoms with Crippen molar-refractivity contribution in [2.45, 2.75) is 25.0 Å². The number of nitrogens with zero attached hydrogens (tertiary/aromatic N) is 1. The lowest BCUT2D eigenvalue weighted by molar-refractivity contribution is -0.137. The van der Waals surface area contributed by atoms with E-state index in [1.54, 1.807) is 12.1 Å². The molecule has 158 valence electrons. The molecule has 1 N–H and O–H groups in total. The highest BCUT2D eigenvalue weighted by Gasteiger charge is 2.30. The highest BCUT2D eigenvalue weighted by Crippen LogP contribution is 2.29. The first-order valence-electron chi connectivity index (χ1n) is 9.27. The Hall–Kier alpha value is -2.10. The van der Waals surface area contributed by atoms with Gasteiger partial charge in [-0.25, -0.2) is 8.42 Å². The largest absolute Gasteiger partial charge is 0.416 e. The maximum Gasteiger partial charge on any atom is 0.416 e. The van der Waals surface area contributed by atoms with Crippen LogP contribution in [0.2, 0.25) is 0 Å². The topological polar surface area (TPSA) is 58.6 Å². The van der Waals surface area contributed by atoms with Crippen molar-refractivity contribution in [1.29, 1.82) is 0 Å². The maximum atomic E-state index is 12.6. The maximum absolute atomic E-state index is 12.6. The minimum absolute atomic E-state index is 0.0542. The van der Waals surface area contributed by atoms with E-state index in [4.69, 9.17) is 4.74 Å². The SMILES string of the molecule is CCN1CCOC(c2ccc(NS(=O)(=O)Cc3ccc(C(F)(F)F)cc3)cc2)C1. The summed E-state index contributed by atoms with van der Waals surface area (Å²) in [5.74, 6) is -0.413. The summed E-state index contributed by atoms with van der Waals surface area (Å²) in [4.78, 5) is 2.29. The predicted molar refractivity (Wildman–Crippen MR) is 105 cm³/mol. The van der Waals surface area contributed by atoms with Gasteiger partial charge in [0.25, 0.3) is 0 Å². The molecule has 5 nitrogen and oxygen atoms in total. The first-order valence-corrected chi connectivity index (χ1v) is 10.9. The van der Waals surface area contributed by atoms with Crippen LogP contribution >= 0.6 is 0 Å². The van der Waals surface area contributed by atoms with Crippen LogP contribution < -0.4 is 4.72 Å². The third kappa shape index (κ3) is 5.94. The van der Waals surface area contributed by atoms with Crippen LogP contribution in [-0.2, 0) is 26.7 Å². The molecule has 1 aliphatic heterocycles. The molecule has 1 heterocycles. The molecule has 1 aliphatic rings. The molecule has 9 heteroatoms. The molecule has 0 aliphatic carbocycles. The highest BCUT2D eigenvalue weighted by molar-refractivity contribution is 7.91. The van der Waals surface area contributed by atoms with Gasteiger partial charge in [0.1, 0.15) is 0 Å². The number of rotatable bonds is 6. The van der Waals surface area contributed by atoms with E-state index in [-0.39, 0.29) is 11.7 Å². The zero-order valence-corrected chi connectivity index (χ0v) is 16.8. The molecule has 1 saturated heterocycles. The fourth-order valence-electron chi connectivity index (χ4n) is 3.18. The Kier molecular flexibility index (Phi) is 6.50. The fourth-order valence-corrected chi connectivity index (χ4v) is 4.38. The Balaban J connectivity index is 1.63. The zero-order chi connectivity index (χ0) is 21.1. The smallest absolute Gasteiger partial charge is 0.371 e. The summed E-state index contributed by atoms with van der Waals surface area (Å²) in [5, 5.41) is 0. The van der Waals surface area contributed by atoms with E-state index in [0.717, 1.165) is 37.3 Å². The van der Waals surface area contributed by atoms with Gasteiger partial charge in [0.15, 0.2) is 0 Å². The molecule has 2 aromatic carbocycles. The van der Waals surface area contributed by atoms with Gasteiger partial charge in [0.05, 0.1) is 24.0 Å². The van der Waals surface area contributed by atoms with Crippen LogP contribution in [0.15, 0.2) is 48.5 Å². The predicted octanol–water partition coefficient (Wildman–Crippen LogP) is 4.04. The van der Waals surface area contributed by atoms with Crippen LogP contribution in [0.3, 0.4) is 0 Å². The van der Waals surface area contributed by atoms with Crippen molar-refractivity contribution in [3.63, 3.8) is 0 Å². The van der Waals surface area contributed by atoms with E-state index >= 15 is 0 Å². The van der Waals surface area contributed by atoms with Gasteiger partial charge < -0.3 is 4.74 Å². The van der Waals surface area contributed by atoms with Gasteiger partial charge in [-0.05, 0) is 41.9 Å². The van der Waals surface area contributed by atoms with Crippen LogP contribution in [-0.4, -0.2) is 39.6 Å². The molecule has 1 fully saturated rings. The van der Waals surface area contributed by atoms with Gasteiger partial charge >= 0.3 is 6.18 Å². The molecule has 3 rings (SSSR count). The standard InChI is InChI=1S/C20H23F3N2O3S/c1-2-25-11-12-28-19(13-25)16-5-9-18(10-6-16)24-29(26,27)14-15-3-7-17(8-4-15)20(21,22)23/h3-10,19,24H,2,11-14H2,1H3. The number of nitrogens with one attached hydrogen (secondary N) is 1. The lowest BCUT2D eigenvalue weighted by atomic mass is 10.1. The zero-order valence-electron chi connectivity index (χ0n) is 15.9. The first kappa shape index (κ1) is 21.6. The van der Waals surface area contributed by atoms with Gasteiger partial charge in [-0.2, -0.15) is 13.2 Å². The second kappa shape index (κ2) is 8.73. The number of halogens is 3. The summed E-state index contributed by atoms with van der Waals surface area (Å²) in [7, 11) is -3.76. The summed E-state index contributed by atoms with van der Waals surface area (Å²) in [6.07, 6.45) is -4.50. The number of alkyl halides is 3. The molecular weight excluding hydrogens is 405 g/mol. The molecule has 0 radical (unpaired) electrons. The van der Waals surface area contributed by atoms with Gasteiger partial charge in [-0.15, -0.1) is 0 Å². The number of sulfonamides is 1. The van der Waals surface area contributed by atoms with Gasteiger partial charge in [0.2, 0.25) is 10.0 Å². The molecule has 0 spiro atoms. The van der Waals surface area contributed by atoms with E-state index < -0.39 is 27.5 Å². The summed E-state index contributed by atoms with van der Waals surface area (Å²) in [6, 6.07) is 11.1. The van der Waals surface area contributed by atoms with E-state index in [1.807, 2.05) is 12.1 Å². The van der Waals surface area contributed by atoms with Crippen molar-refractivity contribution in [2.75, 3.05) is 31.0 Å². The molecule has 0 amide bonds.